The van der Waals surface area contributed by atoms with Gasteiger partial charge in [-0.2, -0.15) is 5.26 Å². The average Bonchev–Trinajstić information content (AvgIpc) is 3.01. The number of thiophene rings is 1. The lowest BCUT2D eigenvalue weighted by Gasteiger charge is -2.12. The molecule has 0 radical (unpaired) electrons. The van der Waals surface area contributed by atoms with Crippen LogP contribution in [0, 0.1) is 11.3 Å². The van der Waals surface area contributed by atoms with Crippen molar-refractivity contribution in [3.63, 3.8) is 0 Å². The Bertz CT molecular complexity index is 1130. The van der Waals surface area contributed by atoms with Crippen molar-refractivity contribution < 1.29 is 14.3 Å². The summed E-state index contributed by atoms with van der Waals surface area (Å²) in [4.78, 5) is 18.3. The molecule has 0 aliphatic rings. The van der Waals surface area contributed by atoms with Crippen LogP contribution in [0.1, 0.15) is 46.1 Å². The Labute approximate surface area is 166 Å². The topological polar surface area (TPSA) is 124 Å². The molecule has 0 spiro atoms. The van der Waals surface area contributed by atoms with Crippen LogP contribution in [0.15, 0.2) is 18.2 Å². The minimum Gasteiger partial charge on any atom is -0.493 e. The predicted octanol–water partition coefficient (Wildman–Crippen LogP) is 3.70. The van der Waals surface area contributed by atoms with Crippen molar-refractivity contribution in [3.8, 4) is 17.6 Å². The molecule has 0 aliphatic heterocycles. The van der Waals surface area contributed by atoms with Gasteiger partial charge in [0.2, 0.25) is 5.78 Å². The lowest BCUT2D eigenvalue weighted by molar-refractivity contribution is 0.104. The number of hydrogen-bond donors (Lipinski definition) is 2. The third-order valence-electron chi connectivity index (χ3n) is 4.48. The third kappa shape index (κ3) is 3.00. The highest BCUT2D eigenvalue weighted by Gasteiger charge is 2.25. The number of ketones is 1. The van der Waals surface area contributed by atoms with Gasteiger partial charge < -0.3 is 20.9 Å². The molecule has 0 saturated carbocycles. The van der Waals surface area contributed by atoms with Gasteiger partial charge in [0.25, 0.3) is 0 Å². The molecule has 0 unspecified atom stereocenters. The van der Waals surface area contributed by atoms with Crippen molar-refractivity contribution in [1.82, 2.24) is 4.98 Å². The Morgan fingerprint density at radius 3 is 2.46 bits per heavy atom. The molecule has 0 bridgehead atoms. The molecule has 1 aromatic carbocycles. The number of benzene rings is 1. The van der Waals surface area contributed by atoms with Gasteiger partial charge in [0.05, 0.1) is 25.5 Å². The van der Waals surface area contributed by atoms with E-state index in [1.54, 1.807) is 18.2 Å². The Hall–Kier alpha value is -3.31. The van der Waals surface area contributed by atoms with Crippen LogP contribution < -0.4 is 20.9 Å². The lowest BCUT2D eigenvalue weighted by Crippen LogP contribution is -2.05. The molecule has 3 aromatic rings. The second-order valence-electron chi connectivity index (χ2n) is 6.48. The molecule has 0 amide bonds. The molecule has 8 heteroatoms. The number of rotatable bonds is 5. The summed E-state index contributed by atoms with van der Waals surface area (Å²) in [6.07, 6.45) is 0. The molecule has 2 aromatic heterocycles. The molecular formula is C20H20N4O3S. The van der Waals surface area contributed by atoms with Crippen LogP contribution in [-0.4, -0.2) is 25.0 Å². The van der Waals surface area contributed by atoms with E-state index in [0.29, 0.717) is 49.0 Å². The summed E-state index contributed by atoms with van der Waals surface area (Å²) in [5, 5.41) is 10.1. The highest BCUT2D eigenvalue weighted by molar-refractivity contribution is 7.21. The average molecular weight is 396 g/mol. The van der Waals surface area contributed by atoms with Crippen LogP contribution in [0.2, 0.25) is 0 Å². The van der Waals surface area contributed by atoms with Crippen LogP contribution in [0.5, 0.6) is 11.5 Å². The summed E-state index contributed by atoms with van der Waals surface area (Å²) >= 11 is 1.17. The number of fused-ring (bicyclic) bond motifs is 1. The zero-order valence-corrected chi connectivity index (χ0v) is 16.8. The molecular weight excluding hydrogens is 376 g/mol. The Kier molecular flexibility index (Phi) is 5.12. The third-order valence-corrected chi connectivity index (χ3v) is 5.58. The number of hydrogen-bond acceptors (Lipinski definition) is 8. The van der Waals surface area contributed by atoms with Gasteiger partial charge in [0.15, 0.2) is 11.5 Å². The van der Waals surface area contributed by atoms with Crippen LogP contribution >= 0.6 is 11.3 Å². The van der Waals surface area contributed by atoms with Crippen LogP contribution in [-0.2, 0) is 0 Å². The predicted molar refractivity (Wildman–Crippen MR) is 110 cm³/mol. The van der Waals surface area contributed by atoms with E-state index >= 15 is 0 Å². The van der Waals surface area contributed by atoms with Crippen molar-refractivity contribution in [2.75, 3.05) is 25.7 Å². The van der Waals surface area contributed by atoms with Gasteiger partial charge in [-0.15, -0.1) is 11.3 Å². The smallest absolute Gasteiger partial charge is 0.205 e. The van der Waals surface area contributed by atoms with E-state index in [0.717, 1.165) is 0 Å². The first kappa shape index (κ1) is 19.5. The molecule has 3 rings (SSSR count). The summed E-state index contributed by atoms with van der Waals surface area (Å²) in [7, 11) is 3.03. The fourth-order valence-electron chi connectivity index (χ4n) is 3.17. The number of nitriles is 1. The Balaban J connectivity index is 2.22. The number of carbonyl (C=O) groups is 1. The summed E-state index contributed by atoms with van der Waals surface area (Å²) in [5.41, 5.74) is 14.1. The fourth-order valence-corrected chi connectivity index (χ4v) is 4.25. The molecule has 4 N–H and O–H groups in total. The zero-order chi connectivity index (χ0) is 20.6. The number of ether oxygens (including phenoxy) is 2. The van der Waals surface area contributed by atoms with Crippen LogP contribution in [0.25, 0.3) is 10.2 Å². The SMILES string of the molecule is COc1ccc(C(=O)c2sc3nc(N)c(C#N)c(C(C)C)c3c2N)cc1OC. The number of methoxy groups -OCH3 is 2. The Morgan fingerprint density at radius 2 is 1.89 bits per heavy atom. The van der Waals surface area contributed by atoms with E-state index in [4.69, 9.17) is 20.9 Å². The molecule has 144 valence electrons. The first-order valence-electron chi connectivity index (χ1n) is 8.52. The summed E-state index contributed by atoms with van der Waals surface area (Å²) in [5.74, 6) is 0.852. The van der Waals surface area contributed by atoms with E-state index in [2.05, 4.69) is 11.1 Å². The molecule has 2 heterocycles. The van der Waals surface area contributed by atoms with Gasteiger partial charge in [0, 0.05) is 10.9 Å². The monoisotopic (exact) mass is 396 g/mol. The van der Waals surface area contributed by atoms with Gasteiger partial charge in [0.1, 0.15) is 21.6 Å². The van der Waals surface area contributed by atoms with Gasteiger partial charge >= 0.3 is 0 Å². The van der Waals surface area contributed by atoms with Gasteiger partial charge in [-0.3, -0.25) is 4.79 Å². The largest absolute Gasteiger partial charge is 0.493 e. The number of nitrogen functional groups attached to an aromatic ring is 2. The number of carbonyl (C=O) groups excluding carboxylic acids is 1. The van der Waals surface area contributed by atoms with E-state index in [1.165, 1.54) is 25.6 Å². The van der Waals surface area contributed by atoms with Crippen molar-refractivity contribution in [2.45, 2.75) is 19.8 Å². The minimum absolute atomic E-state index is 0.0108. The van der Waals surface area contributed by atoms with Gasteiger partial charge in [-0.25, -0.2) is 4.98 Å². The maximum absolute atomic E-state index is 13.1. The van der Waals surface area contributed by atoms with E-state index in [-0.39, 0.29) is 17.5 Å². The van der Waals surface area contributed by atoms with Crippen LogP contribution in [0.3, 0.4) is 0 Å². The maximum atomic E-state index is 13.1. The maximum Gasteiger partial charge on any atom is 0.205 e. The molecule has 0 aliphatic carbocycles. The molecule has 0 atom stereocenters. The summed E-state index contributed by atoms with van der Waals surface area (Å²) in [6.45, 7) is 3.89. The van der Waals surface area contributed by atoms with Gasteiger partial charge in [-0.05, 0) is 29.7 Å². The second-order valence-corrected chi connectivity index (χ2v) is 7.48. The summed E-state index contributed by atoms with van der Waals surface area (Å²) in [6, 6.07) is 7.03. The Morgan fingerprint density at radius 1 is 1.21 bits per heavy atom. The molecule has 0 saturated heterocycles. The first-order chi connectivity index (χ1) is 13.3. The lowest BCUT2D eigenvalue weighted by atomic mass is 9.94. The molecule has 0 fully saturated rings. The highest BCUT2D eigenvalue weighted by Crippen LogP contribution is 2.41. The van der Waals surface area contributed by atoms with Crippen molar-refractivity contribution in [1.29, 1.82) is 5.26 Å². The summed E-state index contributed by atoms with van der Waals surface area (Å²) < 4.78 is 10.5. The molecule has 7 nitrogen and oxygen atoms in total. The van der Waals surface area contributed by atoms with Gasteiger partial charge in [-0.1, -0.05) is 13.8 Å². The number of pyridine rings is 1. The highest BCUT2D eigenvalue weighted by atomic mass is 32.1. The number of nitrogens with zero attached hydrogens (tertiary/aromatic N) is 2. The van der Waals surface area contributed by atoms with Crippen LogP contribution in [0.4, 0.5) is 11.5 Å². The van der Waals surface area contributed by atoms with E-state index < -0.39 is 0 Å². The van der Waals surface area contributed by atoms with E-state index in [1.807, 2.05) is 13.8 Å². The first-order valence-corrected chi connectivity index (χ1v) is 9.33. The van der Waals surface area contributed by atoms with E-state index in [9.17, 15) is 10.1 Å². The number of aromatic nitrogens is 1. The second kappa shape index (κ2) is 7.37. The number of nitrogens with two attached hydrogens (primary N) is 2. The van der Waals surface area contributed by atoms with Crippen molar-refractivity contribution in [3.05, 3.63) is 39.8 Å². The van der Waals surface area contributed by atoms with Crippen molar-refractivity contribution >= 4 is 38.8 Å². The van der Waals surface area contributed by atoms with Crippen molar-refractivity contribution in [2.24, 2.45) is 0 Å². The standard InChI is InChI=1S/C20H20N4O3S/c1-9(2)14-11(8-21)19(23)24-20-15(14)16(22)18(28-20)17(25)10-5-6-12(26-3)13(7-10)27-4/h5-7,9H,22H2,1-4H3,(H2,23,24). The minimum atomic E-state index is -0.256. The number of anilines is 2. The molecule has 28 heavy (non-hydrogen) atoms. The fraction of sp³-hybridized carbons (Fsp3) is 0.250. The zero-order valence-electron chi connectivity index (χ0n) is 16.0. The quantitative estimate of drug-likeness (QED) is 0.630. The normalized spacial score (nSPS) is 10.9.